The first kappa shape index (κ1) is 24.7. The van der Waals surface area contributed by atoms with Gasteiger partial charge in [0.1, 0.15) is 18.2 Å². The first-order valence-corrected chi connectivity index (χ1v) is 11.1. The molecule has 0 radical (unpaired) electrons. The summed E-state index contributed by atoms with van der Waals surface area (Å²) < 4.78 is 5.20. The Labute approximate surface area is 185 Å². The van der Waals surface area contributed by atoms with E-state index in [9.17, 15) is 14.4 Å². The maximum Gasteiger partial charge on any atom is 0.408 e. The molecule has 1 aromatic carbocycles. The zero-order chi connectivity index (χ0) is 23.2. The van der Waals surface area contributed by atoms with Crippen LogP contribution in [0.2, 0.25) is 0 Å². The van der Waals surface area contributed by atoms with Crippen LogP contribution in [-0.2, 0) is 14.3 Å². The van der Waals surface area contributed by atoms with Crippen molar-refractivity contribution in [1.82, 2.24) is 15.5 Å². The number of alkyl carbamates (subject to hydrolysis) is 1. The fourth-order valence-corrected chi connectivity index (χ4v) is 4.02. The Hall–Kier alpha value is -2.57. The van der Waals surface area contributed by atoms with E-state index in [0.29, 0.717) is 0 Å². The lowest BCUT2D eigenvalue weighted by Gasteiger charge is -2.32. The van der Waals surface area contributed by atoms with Gasteiger partial charge < -0.3 is 20.3 Å². The Balaban J connectivity index is 2.19. The smallest absolute Gasteiger partial charge is 0.408 e. The molecule has 7 nitrogen and oxygen atoms in total. The standard InChI is InChI=1S/C24H37N3O4/c1-16-11-10-12-17(2)20(16)21(22(29)26-18-13-8-7-9-14-18)27(6)19(28)15-25-23(30)31-24(3,4)5/h10-12,18,21H,7-9,13-15H2,1-6H3,(H,25,30)(H,26,29). The van der Waals surface area contributed by atoms with Crippen LogP contribution in [0.5, 0.6) is 0 Å². The monoisotopic (exact) mass is 431 g/mol. The second kappa shape index (κ2) is 10.6. The third kappa shape index (κ3) is 7.26. The SMILES string of the molecule is Cc1cccc(C)c1C(C(=O)NC1CCCCC1)N(C)C(=O)CNC(=O)OC(C)(C)C. The maximum atomic E-state index is 13.4. The van der Waals surface area contributed by atoms with Gasteiger partial charge in [0.05, 0.1) is 0 Å². The van der Waals surface area contributed by atoms with Gasteiger partial charge in [0.25, 0.3) is 0 Å². The number of amides is 3. The van der Waals surface area contributed by atoms with Crippen molar-refractivity contribution in [3.63, 3.8) is 0 Å². The Morgan fingerprint density at radius 1 is 1.10 bits per heavy atom. The number of nitrogens with zero attached hydrogens (tertiary/aromatic N) is 1. The molecular formula is C24H37N3O4. The van der Waals surface area contributed by atoms with Gasteiger partial charge in [-0.1, -0.05) is 37.5 Å². The van der Waals surface area contributed by atoms with Gasteiger partial charge >= 0.3 is 6.09 Å². The highest BCUT2D eigenvalue weighted by molar-refractivity contribution is 5.91. The highest BCUT2D eigenvalue weighted by Crippen LogP contribution is 2.28. The predicted octanol–water partition coefficient (Wildman–Crippen LogP) is 3.78. The molecule has 0 bridgehead atoms. The molecule has 172 valence electrons. The Morgan fingerprint density at radius 2 is 1.68 bits per heavy atom. The lowest BCUT2D eigenvalue weighted by Crippen LogP contribution is -2.48. The van der Waals surface area contributed by atoms with E-state index in [1.165, 1.54) is 11.3 Å². The quantitative estimate of drug-likeness (QED) is 0.718. The van der Waals surface area contributed by atoms with Crippen molar-refractivity contribution in [3.8, 4) is 0 Å². The van der Waals surface area contributed by atoms with E-state index in [1.807, 2.05) is 32.0 Å². The van der Waals surface area contributed by atoms with E-state index in [-0.39, 0.29) is 24.4 Å². The molecule has 7 heteroatoms. The van der Waals surface area contributed by atoms with Crippen LogP contribution in [0.15, 0.2) is 18.2 Å². The number of benzene rings is 1. The summed E-state index contributed by atoms with van der Waals surface area (Å²) in [6.07, 6.45) is 4.67. The molecule has 0 aliphatic heterocycles. The van der Waals surface area contributed by atoms with Gasteiger partial charge in [-0.15, -0.1) is 0 Å². The highest BCUT2D eigenvalue weighted by atomic mass is 16.6. The zero-order valence-corrected chi connectivity index (χ0v) is 19.7. The number of carbonyl (C=O) groups excluding carboxylic acids is 3. The Kier molecular flexibility index (Phi) is 8.48. The third-order valence-electron chi connectivity index (χ3n) is 5.58. The van der Waals surface area contributed by atoms with Gasteiger partial charge in [-0.2, -0.15) is 0 Å². The number of aryl methyl sites for hydroxylation is 2. The van der Waals surface area contributed by atoms with Crippen molar-refractivity contribution < 1.29 is 19.1 Å². The van der Waals surface area contributed by atoms with E-state index >= 15 is 0 Å². The summed E-state index contributed by atoms with van der Waals surface area (Å²) in [6.45, 7) is 8.91. The first-order chi connectivity index (χ1) is 14.5. The summed E-state index contributed by atoms with van der Waals surface area (Å²) in [5, 5.41) is 5.65. The topological polar surface area (TPSA) is 87.7 Å². The van der Waals surface area contributed by atoms with E-state index in [1.54, 1.807) is 27.8 Å². The molecule has 31 heavy (non-hydrogen) atoms. The molecular weight excluding hydrogens is 394 g/mol. The number of nitrogens with one attached hydrogen (secondary N) is 2. The first-order valence-electron chi connectivity index (χ1n) is 11.1. The van der Waals surface area contributed by atoms with Crippen LogP contribution >= 0.6 is 0 Å². The lowest BCUT2D eigenvalue weighted by molar-refractivity contribution is -0.139. The van der Waals surface area contributed by atoms with Crippen molar-refractivity contribution in [2.24, 2.45) is 0 Å². The van der Waals surface area contributed by atoms with Gasteiger partial charge in [0.2, 0.25) is 11.8 Å². The summed E-state index contributed by atoms with van der Waals surface area (Å²) in [7, 11) is 1.61. The van der Waals surface area contributed by atoms with Crippen molar-refractivity contribution in [1.29, 1.82) is 0 Å². The summed E-state index contributed by atoms with van der Waals surface area (Å²) in [5.41, 5.74) is 2.07. The third-order valence-corrected chi connectivity index (χ3v) is 5.58. The molecule has 1 saturated carbocycles. The fourth-order valence-electron chi connectivity index (χ4n) is 4.02. The van der Waals surface area contributed by atoms with Crippen LogP contribution in [0.1, 0.15) is 75.6 Å². The maximum absolute atomic E-state index is 13.4. The lowest BCUT2D eigenvalue weighted by atomic mass is 9.92. The minimum atomic E-state index is -0.768. The number of ether oxygens (including phenoxy) is 1. The van der Waals surface area contributed by atoms with E-state index in [0.717, 1.165) is 42.4 Å². The van der Waals surface area contributed by atoms with Crippen molar-refractivity contribution in [2.45, 2.75) is 84.4 Å². The van der Waals surface area contributed by atoms with Gasteiger partial charge in [-0.3, -0.25) is 9.59 Å². The molecule has 0 heterocycles. The van der Waals surface area contributed by atoms with Gasteiger partial charge in [0, 0.05) is 13.1 Å². The minimum Gasteiger partial charge on any atom is -0.444 e. The molecule has 0 spiro atoms. The molecule has 2 N–H and O–H groups in total. The second-order valence-electron chi connectivity index (χ2n) is 9.41. The van der Waals surface area contributed by atoms with E-state index in [4.69, 9.17) is 4.74 Å². The van der Waals surface area contributed by atoms with Gasteiger partial charge in [-0.25, -0.2) is 4.79 Å². The van der Waals surface area contributed by atoms with Crippen molar-refractivity contribution in [3.05, 3.63) is 34.9 Å². The molecule has 2 rings (SSSR count). The second-order valence-corrected chi connectivity index (χ2v) is 9.41. The van der Waals surface area contributed by atoms with Crippen LogP contribution in [-0.4, -0.2) is 48.0 Å². The average molecular weight is 432 g/mol. The zero-order valence-electron chi connectivity index (χ0n) is 19.7. The number of hydrogen-bond acceptors (Lipinski definition) is 4. The molecule has 1 aromatic rings. The minimum absolute atomic E-state index is 0.136. The van der Waals surface area contributed by atoms with E-state index in [2.05, 4.69) is 10.6 Å². The molecule has 1 aliphatic carbocycles. The Bertz CT molecular complexity index is 774. The summed E-state index contributed by atoms with van der Waals surface area (Å²) >= 11 is 0. The van der Waals surface area contributed by atoms with Crippen LogP contribution in [0.4, 0.5) is 4.79 Å². The fraction of sp³-hybridized carbons (Fsp3) is 0.625. The highest BCUT2D eigenvalue weighted by Gasteiger charge is 2.32. The molecule has 0 saturated heterocycles. The number of likely N-dealkylation sites (N-methyl/N-ethyl adjacent to an activating group) is 1. The van der Waals surface area contributed by atoms with Crippen LogP contribution < -0.4 is 10.6 Å². The summed E-state index contributed by atoms with van der Waals surface area (Å²) in [5.74, 6) is -0.547. The molecule has 1 unspecified atom stereocenters. The largest absolute Gasteiger partial charge is 0.444 e. The van der Waals surface area contributed by atoms with Crippen molar-refractivity contribution in [2.75, 3.05) is 13.6 Å². The number of rotatable bonds is 6. The molecule has 3 amide bonds. The molecule has 1 aliphatic rings. The van der Waals surface area contributed by atoms with Gasteiger partial charge in [0.15, 0.2) is 0 Å². The van der Waals surface area contributed by atoms with Crippen LogP contribution in [0, 0.1) is 13.8 Å². The van der Waals surface area contributed by atoms with E-state index < -0.39 is 17.7 Å². The normalized spacial score (nSPS) is 15.7. The number of hydrogen-bond donors (Lipinski definition) is 2. The summed E-state index contributed by atoms with van der Waals surface area (Å²) in [6, 6.07) is 5.20. The molecule has 1 fully saturated rings. The molecule has 1 atom stereocenters. The average Bonchev–Trinajstić information content (AvgIpc) is 2.68. The summed E-state index contributed by atoms with van der Waals surface area (Å²) in [4.78, 5) is 39.7. The van der Waals surface area contributed by atoms with Crippen LogP contribution in [0.25, 0.3) is 0 Å². The Morgan fingerprint density at radius 3 is 2.23 bits per heavy atom. The van der Waals surface area contributed by atoms with Gasteiger partial charge in [-0.05, 0) is 64.2 Å². The predicted molar refractivity (Wildman–Crippen MR) is 121 cm³/mol. The van der Waals surface area contributed by atoms with Crippen LogP contribution in [0.3, 0.4) is 0 Å². The van der Waals surface area contributed by atoms with Crippen molar-refractivity contribution >= 4 is 17.9 Å². The number of carbonyl (C=O) groups is 3. The molecule has 0 aromatic heterocycles.